The molecule has 0 unspecified atom stereocenters. The molecule has 0 spiro atoms. The van der Waals surface area contributed by atoms with E-state index in [0.717, 1.165) is 4.88 Å². The van der Waals surface area contributed by atoms with Gasteiger partial charge < -0.3 is 15.6 Å². The van der Waals surface area contributed by atoms with Crippen molar-refractivity contribution in [3.05, 3.63) is 29.8 Å². The largest absolute Gasteiger partial charge is 0.337 e. The van der Waals surface area contributed by atoms with Crippen LogP contribution in [0.3, 0.4) is 0 Å². The molecular formula is C12H13N5OS. The Balaban J connectivity index is 1.83. The van der Waals surface area contributed by atoms with Crippen molar-refractivity contribution < 1.29 is 4.79 Å². The fraction of sp³-hybridized carbons (Fsp3) is 0.250. The van der Waals surface area contributed by atoms with Gasteiger partial charge in [-0.2, -0.15) is 0 Å². The molecule has 6 nitrogen and oxygen atoms in total. The Labute approximate surface area is 114 Å². The van der Waals surface area contributed by atoms with Crippen LogP contribution in [0.2, 0.25) is 0 Å². The van der Waals surface area contributed by atoms with E-state index in [2.05, 4.69) is 27.1 Å². The first kappa shape index (κ1) is 13.3. The van der Waals surface area contributed by atoms with Crippen molar-refractivity contribution in [1.29, 1.82) is 0 Å². The lowest BCUT2D eigenvalue weighted by atomic mass is 10.4. The number of rotatable bonds is 4. The zero-order chi connectivity index (χ0) is 13.5. The van der Waals surface area contributed by atoms with E-state index in [0.29, 0.717) is 24.6 Å². The normalized spacial score (nSPS) is 9.74. The maximum Gasteiger partial charge on any atom is 0.227 e. The molecule has 2 heterocycles. The van der Waals surface area contributed by atoms with Crippen LogP contribution < -0.4 is 11.1 Å². The van der Waals surface area contributed by atoms with Gasteiger partial charge >= 0.3 is 0 Å². The molecule has 0 saturated heterocycles. The van der Waals surface area contributed by atoms with Gasteiger partial charge in [0.1, 0.15) is 0 Å². The minimum Gasteiger partial charge on any atom is -0.337 e. The van der Waals surface area contributed by atoms with Gasteiger partial charge in [-0.15, -0.1) is 0 Å². The summed E-state index contributed by atoms with van der Waals surface area (Å²) in [5.41, 5.74) is 5.28. The third-order valence-electron chi connectivity index (χ3n) is 2.22. The van der Waals surface area contributed by atoms with Crippen LogP contribution in [0.25, 0.3) is 0 Å². The van der Waals surface area contributed by atoms with Crippen LogP contribution in [-0.2, 0) is 11.3 Å². The van der Waals surface area contributed by atoms with Gasteiger partial charge in [-0.25, -0.2) is 9.97 Å². The summed E-state index contributed by atoms with van der Waals surface area (Å²) >= 11 is 1.33. The maximum absolute atomic E-state index is 11.7. The lowest BCUT2D eigenvalue weighted by Crippen LogP contribution is -2.13. The Morgan fingerprint density at radius 2 is 2.47 bits per heavy atom. The van der Waals surface area contributed by atoms with E-state index in [1.165, 1.54) is 11.3 Å². The molecule has 3 N–H and O–H groups in total. The lowest BCUT2D eigenvalue weighted by Gasteiger charge is -2.02. The van der Waals surface area contributed by atoms with Crippen molar-refractivity contribution >= 4 is 22.4 Å². The molecule has 0 aliphatic heterocycles. The van der Waals surface area contributed by atoms with E-state index in [-0.39, 0.29) is 5.91 Å². The average molecular weight is 275 g/mol. The minimum absolute atomic E-state index is 0.0821. The molecule has 0 aromatic carbocycles. The van der Waals surface area contributed by atoms with Crippen molar-refractivity contribution in [2.24, 2.45) is 5.73 Å². The van der Waals surface area contributed by atoms with E-state index in [4.69, 9.17) is 5.73 Å². The Hall–Kier alpha value is -2.17. The van der Waals surface area contributed by atoms with Crippen molar-refractivity contribution in [2.45, 2.75) is 13.0 Å². The molecule has 2 rings (SSSR count). The monoisotopic (exact) mass is 275 g/mol. The summed E-state index contributed by atoms with van der Waals surface area (Å²) in [6.07, 6.45) is 7.17. The van der Waals surface area contributed by atoms with E-state index in [1.54, 1.807) is 18.7 Å². The molecule has 0 atom stereocenters. The second kappa shape index (κ2) is 6.68. The number of imidazole rings is 1. The van der Waals surface area contributed by atoms with Gasteiger partial charge in [0.25, 0.3) is 0 Å². The van der Waals surface area contributed by atoms with Crippen LogP contribution in [0.15, 0.2) is 24.9 Å². The number of amides is 1. The first-order chi connectivity index (χ1) is 9.28. The van der Waals surface area contributed by atoms with Gasteiger partial charge in [-0.3, -0.25) is 4.79 Å². The number of thiazole rings is 1. The van der Waals surface area contributed by atoms with E-state index < -0.39 is 0 Å². The zero-order valence-corrected chi connectivity index (χ0v) is 11.0. The summed E-state index contributed by atoms with van der Waals surface area (Å²) in [6, 6.07) is 0. The predicted octanol–water partition coefficient (Wildman–Crippen LogP) is 0.679. The summed E-state index contributed by atoms with van der Waals surface area (Å²) in [6.45, 7) is 0.904. The summed E-state index contributed by atoms with van der Waals surface area (Å²) in [5, 5.41) is 3.29. The number of aryl methyl sites for hydroxylation is 1. The second-order valence-electron chi connectivity index (χ2n) is 3.63. The van der Waals surface area contributed by atoms with Gasteiger partial charge in [0.05, 0.1) is 23.9 Å². The number of hydrogen-bond donors (Lipinski definition) is 2. The number of nitrogens with one attached hydrogen (secondary N) is 1. The lowest BCUT2D eigenvalue weighted by molar-refractivity contribution is -0.116. The number of carbonyl (C=O) groups is 1. The molecule has 98 valence electrons. The fourth-order valence-corrected chi connectivity index (χ4v) is 2.07. The van der Waals surface area contributed by atoms with Gasteiger partial charge in [0.2, 0.25) is 5.91 Å². The zero-order valence-electron chi connectivity index (χ0n) is 10.2. The van der Waals surface area contributed by atoms with Crippen LogP contribution in [0, 0.1) is 11.8 Å². The minimum atomic E-state index is -0.0821. The van der Waals surface area contributed by atoms with Crippen LogP contribution in [0.1, 0.15) is 11.3 Å². The average Bonchev–Trinajstić information content (AvgIpc) is 3.05. The summed E-state index contributed by atoms with van der Waals surface area (Å²) in [5.74, 6) is 5.53. The quantitative estimate of drug-likeness (QED) is 0.803. The molecule has 2 aromatic heterocycles. The Bertz CT molecular complexity index is 593. The molecule has 0 bridgehead atoms. The van der Waals surface area contributed by atoms with Crippen molar-refractivity contribution in [1.82, 2.24) is 14.5 Å². The second-order valence-corrected chi connectivity index (χ2v) is 4.66. The molecule has 0 aliphatic rings. The number of anilines is 1. The van der Waals surface area contributed by atoms with Crippen molar-refractivity contribution in [3.63, 3.8) is 0 Å². The maximum atomic E-state index is 11.7. The van der Waals surface area contributed by atoms with Crippen LogP contribution >= 0.6 is 11.3 Å². The number of nitrogens with zero attached hydrogens (tertiary/aromatic N) is 3. The highest BCUT2D eigenvalue weighted by Crippen LogP contribution is 2.17. The molecule has 0 fully saturated rings. The first-order valence-corrected chi connectivity index (χ1v) is 6.50. The standard InChI is InChI=1S/C12H13N5OS/c13-4-1-2-10-8-15-12(19-10)16-11(18)3-6-17-7-5-14-9-17/h5,7-9H,3-4,6,13H2,(H,15,16,18). The van der Waals surface area contributed by atoms with E-state index in [1.807, 2.05) is 10.8 Å². The van der Waals surface area contributed by atoms with Gasteiger partial charge in [-0.05, 0) is 0 Å². The topological polar surface area (TPSA) is 85.8 Å². The number of carbonyl (C=O) groups excluding carboxylic acids is 1. The Morgan fingerprint density at radius 1 is 1.58 bits per heavy atom. The Kier molecular flexibility index (Phi) is 4.66. The highest BCUT2D eigenvalue weighted by molar-refractivity contribution is 7.16. The van der Waals surface area contributed by atoms with Crippen molar-refractivity contribution in [3.8, 4) is 11.8 Å². The summed E-state index contributed by atoms with van der Waals surface area (Å²) < 4.78 is 1.85. The van der Waals surface area contributed by atoms with E-state index >= 15 is 0 Å². The molecule has 2 aromatic rings. The summed E-state index contributed by atoms with van der Waals surface area (Å²) in [4.78, 5) is 20.5. The molecule has 0 radical (unpaired) electrons. The van der Waals surface area contributed by atoms with Crippen LogP contribution in [0.5, 0.6) is 0 Å². The van der Waals surface area contributed by atoms with Crippen molar-refractivity contribution in [2.75, 3.05) is 11.9 Å². The smallest absolute Gasteiger partial charge is 0.227 e. The van der Waals surface area contributed by atoms with Gasteiger partial charge in [0.15, 0.2) is 5.13 Å². The van der Waals surface area contributed by atoms with Gasteiger partial charge in [0, 0.05) is 25.4 Å². The SMILES string of the molecule is NCC#Cc1cnc(NC(=O)CCn2ccnc2)s1. The fourth-order valence-electron chi connectivity index (χ4n) is 1.36. The predicted molar refractivity (Wildman–Crippen MR) is 73.5 cm³/mol. The molecule has 7 heteroatoms. The molecule has 0 saturated carbocycles. The van der Waals surface area contributed by atoms with Crippen LogP contribution in [0.4, 0.5) is 5.13 Å². The van der Waals surface area contributed by atoms with Crippen LogP contribution in [-0.4, -0.2) is 27.0 Å². The number of hydrogen-bond acceptors (Lipinski definition) is 5. The van der Waals surface area contributed by atoms with Gasteiger partial charge in [-0.1, -0.05) is 23.2 Å². The molecule has 0 aliphatic carbocycles. The van der Waals surface area contributed by atoms with E-state index in [9.17, 15) is 4.79 Å². The number of aromatic nitrogens is 3. The molecular weight excluding hydrogens is 262 g/mol. The third kappa shape index (κ3) is 4.21. The third-order valence-corrected chi connectivity index (χ3v) is 3.05. The highest BCUT2D eigenvalue weighted by atomic mass is 32.1. The highest BCUT2D eigenvalue weighted by Gasteiger charge is 2.06. The molecule has 1 amide bonds. The summed E-state index contributed by atoms with van der Waals surface area (Å²) in [7, 11) is 0. The first-order valence-electron chi connectivity index (χ1n) is 5.68. The Morgan fingerprint density at radius 3 is 3.21 bits per heavy atom. The number of nitrogens with two attached hydrogens (primary N) is 1. The molecule has 19 heavy (non-hydrogen) atoms.